The number of rotatable bonds is 2. The Morgan fingerprint density at radius 3 is 2.43 bits per heavy atom. The Balaban J connectivity index is 3.22. The van der Waals surface area contributed by atoms with Gasteiger partial charge >= 0.3 is 0 Å². The molecule has 14 heavy (non-hydrogen) atoms. The third kappa shape index (κ3) is 2.19. The highest BCUT2D eigenvalue weighted by atomic mass is 79.9. The molecule has 1 aromatic carbocycles. The highest BCUT2D eigenvalue weighted by Crippen LogP contribution is 2.36. The molecule has 0 aliphatic heterocycles. The zero-order valence-electron chi connectivity index (χ0n) is 8.50. The van der Waals surface area contributed by atoms with Gasteiger partial charge in [0.1, 0.15) is 11.5 Å². The first-order valence-electron chi connectivity index (χ1n) is 4.28. The molecular formula is C10H14BrNO2. The van der Waals surface area contributed by atoms with E-state index in [4.69, 9.17) is 0 Å². The van der Waals surface area contributed by atoms with Crippen LogP contribution in [0.25, 0.3) is 0 Å². The second kappa shape index (κ2) is 4.19. The Hall–Kier alpha value is -0.740. The summed E-state index contributed by atoms with van der Waals surface area (Å²) >= 11 is 3.17. The number of phenolic OH excluding ortho intramolecular Hbond substituents is 2. The van der Waals surface area contributed by atoms with Crippen molar-refractivity contribution in [2.75, 3.05) is 14.1 Å². The van der Waals surface area contributed by atoms with E-state index in [-0.39, 0.29) is 11.5 Å². The van der Waals surface area contributed by atoms with Crippen molar-refractivity contribution in [3.05, 3.63) is 21.7 Å². The van der Waals surface area contributed by atoms with Crippen LogP contribution in [0.3, 0.4) is 0 Å². The molecule has 0 amide bonds. The highest BCUT2D eigenvalue weighted by Gasteiger charge is 2.13. The van der Waals surface area contributed by atoms with Crippen LogP contribution in [0.2, 0.25) is 0 Å². The molecule has 0 aliphatic rings. The van der Waals surface area contributed by atoms with Gasteiger partial charge in [-0.25, -0.2) is 0 Å². The molecule has 0 bridgehead atoms. The molecule has 2 N–H and O–H groups in total. The van der Waals surface area contributed by atoms with Crippen LogP contribution in [-0.2, 0) is 6.54 Å². The smallest absolute Gasteiger partial charge is 0.133 e. The fraction of sp³-hybridized carbons (Fsp3) is 0.400. The predicted molar refractivity (Wildman–Crippen MR) is 59.6 cm³/mol. The fourth-order valence-corrected chi connectivity index (χ4v) is 1.82. The van der Waals surface area contributed by atoms with Crippen molar-refractivity contribution in [1.82, 2.24) is 4.90 Å². The number of hydrogen-bond acceptors (Lipinski definition) is 3. The van der Waals surface area contributed by atoms with Crippen LogP contribution >= 0.6 is 15.9 Å². The first kappa shape index (κ1) is 11.3. The van der Waals surface area contributed by atoms with E-state index in [1.54, 1.807) is 6.92 Å². The first-order valence-corrected chi connectivity index (χ1v) is 5.07. The summed E-state index contributed by atoms with van der Waals surface area (Å²) in [5, 5.41) is 19.3. The monoisotopic (exact) mass is 259 g/mol. The largest absolute Gasteiger partial charge is 0.508 e. The maximum Gasteiger partial charge on any atom is 0.133 e. The molecule has 0 aliphatic carbocycles. The van der Waals surface area contributed by atoms with E-state index in [0.29, 0.717) is 16.6 Å². The summed E-state index contributed by atoms with van der Waals surface area (Å²) in [6, 6.07) is 1.52. The lowest BCUT2D eigenvalue weighted by molar-refractivity contribution is 0.380. The Kier molecular flexibility index (Phi) is 3.39. The Morgan fingerprint density at radius 2 is 1.93 bits per heavy atom. The minimum Gasteiger partial charge on any atom is -0.508 e. The minimum atomic E-state index is 0.194. The van der Waals surface area contributed by atoms with E-state index >= 15 is 0 Å². The third-order valence-corrected chi connectivity index (χ3v) is 2.69. The Labute approximate surface area is 92.1 Å². The van der Waals surface area contributed by atoms with Gasteiger partial charge in [0.15, 0.2) is 0 Å². The summed E-state index contributed by atoms with van der Waals surface area (Å²) in [5.41, 5.74) is 1.47. The van der Waals surface area contributed by atoms with Crippen molar-refractivity contribution < 1.29 is 10.2 Å². The van der Waals surface area contributed by atoms with Gasteiger partial charge in [-0.05, 0) is 43.0 Å². The number of halogens is 1. The maximum atomic E-state index is 9.68. The predicted octanol–water partition coefficient (Wildman–Crippen LogP) is 2.23. The highest BCUT2D eigenvalue weighted by molar-refractivity contribution is 9.10. The normalized spacial score (nSPS) is 10.9. The van der Waals surface area contributed by atoms with Crippen LogP contribution in [-0.4, -0.2) is 29.2 Å². The molecule has 1 rings (SSSR count). The third-order valence-electron chi connectivity index (χ3n) is 2.08. The van der Waals surface area contributed by atoms with Gasteiger partial charge in [0.25, 0.3) is 0 Å². The summed E-state index contributed by atoms with van der Waals surface area (Å²) in [7, 11) is 3.83. The topological polar surface area (TPSA) is 43.7 Å². The molecular weight excluding hydrogens is 246 g/mol. The number of benzene rings is 1. The van der Waals surface area contributed by atoms with Gasteiger partial charge in [0.2, 0.25) is 0 Å². The van der Waals surface area contributed by atoms with Gasteiger partial charge in [-0.3, -0.25) is 0 Å². The molecule has 1 aromatic rings. The van der Waals surface area contributed by atoms with Crippen molar-refractivity contribution in [2.45, 2.75) is 13.5 Å². The van der Waals surface area contributed by atoms with E-state index in [0.717, 1.165) is 5.56 Å². The zero-order chi connectivity index (χ0) is 10.9. The molecule has 0 fully saturated rings. The van der Waals surface area contributed by atoms with E-state index < -0.39 is 0 Å². The van der Waals surface area contributed by atoms with Crippen LogP contribution in [0.15, 0.2) is 10.5 Å². The summed E-state index contributed by atoms with van der Waals surface area (Å²) < 4.78 is 0.523. The van der Waals surface area contributed by atoms with E-state index in [2.05, 4.69) is 15.9 Å². The van der Waals surface area contributed by atoms with E-state index in [1.807, 2.05) is 19.0 Å². The molecule has 78 valence electrons. The van der Waals surface area contributed by atoms with Gasteiger partial charge in [-0.2, -0.15) is 0 Å². The Morgan fingerprint density at radius 1 is 1.36 bits per heavy atom. The molecule has 0 saturated carbocycles. The lowest BCUT2D eigenvalue weighted by Gasteiger charge is -2.15. The quantitative estimate of drug-likeness (QED) is 0.801. The SMILES string of the molecule is Cc1c(O)c(Br)cc(O)c1CN(C)C. The summed E-state index contributed by atoms with van der Waals surface area (Å²) in [6.45, 7) is 2.40. The number of hydrogen-bond donors (Lipinski definition) is 2. The second-order valence-electron chi connectivity index (χ2n) is 3.57. The van der Waals surface area contributed by atoms with Crippen molar-refractivity contribution in [3.63, 3.8) is 0 Å². The molecule has 0 aromatic heterocycles. The zero-order valence-corrected chi connectivity index (χ0v) is 10.1. The lowest BCUT2D eigenvalue weighted by Crippen LogP contribution is -2.12. The molecule has 0 spiro atoms. The van der Waals surface area contributed by atoms with Crippen molar-refractivity contribution in [1.29, 1.82) is 0 Å². The number of aromatic hydroxyl groups is 2. The first-order chi connectivity index (χ1) is 6.43. The summed E-state index contributed by atoms with van der Waals surface area (Å²) in [6.07, 6.45) is 0. The van der Waals surface area contributed by atoms with Crippen LogP contribution in [0.1, 0.15) is 11.1 Å². The van der Waals surface area contributed by atoms with E-state index in [9.17, 15) is 10.2 Å². The molecule has 0 unspecified atom stereocenters. The van der Waals surface area contributed by atoms with Gasteiger partial charge in [-0.15, -0.1) is 0 Å². The van der Waals surface area contributed by atoms with Crippen LogP contribution < -0.4 is 0 Å². The Bertz CT molecular complexity index is 350. The molecule has 4 heteroatoms. The average molecular weight is 260 g/mol. The van der Waals surface area contributed by atoms with Crippen molar-refractivity contribution >= 4 is 15.9 Å². The van der Waals surface area contributed by atoms with Crippen molar-refractivity contribution in [3.8, 4) is 11.5 Å². The molecule has 0 atom stereocenters. The minimum absolute atomic E-state index is 0.194. The van der Waals surface area contributed by atoms with Crippen LogP contribution in [0, 0.1) is 6.92 Å². The number of phenols is 2. The fourth-order valence-electron chi connectivity index (χ4n) is 1.31. The van der Waals surface area contributed by atoms with E-state index in [1.165, 1.54) is 6.07 Å². The molecule has 0 saturated heterocycles. The van der Waals surface area contributed by atoms with Crippen LogP contribution in [0.4, 0.5) is 0 Å². The van der Waals surface area contributed by atoms with Crippen molar-refractivity contribution in [2.24, 2.45) is 0 Å². The molecule has 3 nitrogen and oxygen atoms in total. The van der Waals surface area contributed by atoms with Gasteiger partial charge in [-0.1, -0.05) is 0 Å². The summed E-state index contributed by atoms with van der Waals surface area (Å²) in [5.74, 6) is 0.403. The van der Waals surface area contributed by atoms with Crippen LogP contribution in [0.5, 0.6) is 11.5 Å². The standard InChI is InChI=1S/C10H14BrNO2/c1-6-7(5-12(2)3)9(13)4-8(11)10(6)14/h4,13-14H,5H2,1-3H3. The second-order valence-corrected chi connectivity index (χ2v) is 4.42. The maximum absolute atomic E-state index is 9.68. The average Bonchev–Trinajstić information content (AvgIpc) is 2.09. The molecule has 0 radical (unpaired) electrons. The molecule has 0 heterocycles. The van der Waals surface area contributed by atoms with Gasteiger partial charge in [0, 0.05) is 17.7 Å². The number of nitrogens with zero attached hydrogens (tertiary/aromatic N) is 1. The lowest BCUT2D eigenvalue weighted by atomic mass is 10.1. The van der Waals surface area contributed by atoms with Gasteiger partial charge in [0.05, 0.1) is 4.47 Å². The van der Waals surface area contributed by atoms with Gasteiger partial charge < -0.3 is 15.1 Å². The summed E-state index contributed by atoms with van der Waals surface area (Å²) in [4.78, 5) is 1.94.